The maximum Gasteiger partial charge on any atom is 0.329 e. The second-order valence-corrected chi connectivity index (χ2v) is 16.1. The van der Waals surface area contributed by atoms with Gasteiger partial charge in [0.25, 0.3) is 0 Å². The third-order valence-corrected chi connectivity index (χ3v) is 12.2. The first kappa shape index (κ1) is 40.3. The molecule has 6 aromatic rings. The van der Waals surface area contributed by atoms with Gasteiger partial charge in [-0.05, 0) is 68.0 Å². The summed E-state index contributed by atoms with van der Waals surface area (Å²) in [5.74, 6) is -1.92. The van der Waals surface area contributed by atoms with Crippen molar-refractivity contribution in [1.82, 2.24) is 44.4 Å². The number of amides is 3. The average Bonchev–Trinajstić information content (AvgIpc) is 3.88. The third-order valence-electron chi connectivity index (χ3n) is 12.2. The van der Waals surface area contributed by atoms with Crippen LogP contribution in [0.3, 0.4) is 0 Å². The second-order valence-electron chi connectivity index (χ2n) is 16.1. The number of piperidine rings is 2. The highest BCUT2D eigenvalue weighted by Crippen LogP contribution is 2.32. The Kier molecular flexibility index (Phi) is 11.5. The lowest BCUT2D eigenvalue weighted by Crippen LogP contribution is -2.44. The van der Waals surface area contributed by atoms with Crippen LogP contribution in [0.4, 0.5) is 8.78 Å². The van der Waals surface area contributed by atoms with Gasteiger partial charge in [0.15, 0.2) is 0 Å². The Labute approximate surface area is 349 Å². The molecule has 0 spiro atoms. The smallest absolute Gasteiger partial charge is 0.329 e. The number of fused-ring (bicyclic) bond motifs is 2. The number of halogens is 2. The number of imidazole rings is 1. The van der Waals surface area contributed by atoms with Crippen LogP contribution < -0.4 is 16.3 Å². The first-order chi connectivity index (χ1) is 29.7. The van der Waals surface area contributed by atoms with Crippen LogP contribution in [0.25, 0.3) is 44.5 Å². The fourth-order valence-electron chi connectivity index (χ4n) is 8.95. The second kappa shape index (κ2) is 17.5. The van der Waals surface area contributed by atoms with E-state index in [0.717, 1.165) is 36.9 Å². The number of carbonyl (C=O) groups is 3. The lowest BCUT2D eigenvalue weighted by molar-refractivity contribution is -0.136. The van der Waals surface area contributed by atoms with Gasteiger partial charge in [-0.25, -0.2) is 18.6 Å². The molecule has 6 heterocycles. The van der Waals surface area contributed by atoms with E-state index in [9.17, 15) is 19.2 Å². The first-order valence-corrected chi connectivity index (χ1v) is 21.1. The van der Waals surface area contributed by atoms with E-state index in [1.807, 2.05) is 46.1 Å². The number of nitrogens with zero attached hydrogens (tertiary/aromatic N) is 7. The molecule has 14 nitrogen and oxygen atoms in total. The number of rotatable bonds is 12. The van der Waals surface area contributed by atoms with Crippen LogP contribution in [-0.2, 0) is 32.1 Å². The summed E-state index contributed by atoms with van der Waals surface area (Å²) in [4.78, 5) is 62.6. The van der Waals surface area contributed by atoms with Crippen molar-refractivity contribution in [2.75, 3.05) is 32.8 Å². The summed E-state index contributed by atoms with van der Waals surface area (Å²) < 4.78 is 41.6. The molecule has 61 heavy (non-hydrogen) atoms. The molecule has 3 aromatic heterocycles. The summed E-state index contributed by atoms with van der Waals surface area (Å²) in [6, 6.07) is 14.9. The Balaban J connectivity index is 0.787. The van der Waals surface area contributed by atoms with Crippen LogP contribution in [0, 0.1) is 11.6 Å². The molecule has 9 rings (SSSR count). The Morgan fingerprint density at radius 3 is 2.48 bits per heavy atom. The number of benzene rings is 3. The summed E-state index contributed by atoms with van der Waals surface area (Å²) in [5, 5.41) is 10.2. The number of aryl methyl sites for hydroxylation is 1. The number of imide groups is 1. The van der Waals surface area contributed by atoms with Crippen LogP contribution in [0.5, 0.6) is 0 Å². The molecule has 16 heteroatoms. The van der Waals surface area contributed by atoms with Crippen molar-refractivity contribution >= 4 is 39.8 Å². The molecule has 2 N–H and O–H groups in total. The molecule has 2 unspecified atom stereocenters. The number of aromatic nitrogens is 6. The number of nitrogens with one attached hydrogen (secondary N) is 2. The molecule has 2 atom stereocenters. The lowest BCUT2D eigenvalue weighted by atomic mass is 9.98. The number of hydrogen-bond donors (Lipinski definition) is 2. The molecule has 0 saturated carbocycles. The summed E-state index contributed by atoms with van der Waals surface area (Å²) in [7, 11) is 0. The SMILES string of the molecule is O=C1CCC(n2c(=O)n(CCCCCC(=O)N3CCC(n4cc(-c5cnc6cccc(-c7cc(F)c(CC8CNCCO8)c(F)c7)c6n5)cn4)CC3)c3ccccc32)C(=O)N1. The Hall–Kier alpha value is -6.13. The minimum absolute atomic E-state index is 0.00576. The number of para-hydroxylation sites is 3. The predicted octanol–water partition coefficient (Wildman–Crippen LogP) is 5.49. The van der Waals surface area contributed by atoms with Crippen molar-refractivity contribution in [3.05, 3.63) is 101 Å². The maximum atomic E-state index is 15.4. The number of ether oxygens (including phenoxy) is 1. The number of morpholine rings is 1. The maximum absolute atomic E-state index is 15.4. The average molecular weight is 832 g/mol. The topological polar surface area (TPSA) is 158 Å². The van der Waals surface area contributed by atoms with E-state index in [2.05, 4.69) is 20.7 Å². The summed E-state index contributed by atoms with van der Waals surface area (Å²) in [6.07, 6.45) is 9.73. The van der Waals surface area contributed by atoms with E-state index in [-0.39, 0.29) is 54.5 Å². The molecule has 0 aliphatic carbocycles. The van der Waals surface area contributed by atoms with Gasteiger partial charge in [-0.2, -0.15) is 5.10 Å². The van der Waals surface area contributed by atoms with Crippen molar-refractivity contribution in [3.8, 4) is 22.4 Å². The summed E-state index contributed by atoms with van der Waals surface area (Å²) >= 11 is 0. The summed E-state index contributed by atoms with van der Waals surface area (Å²) in [6.45, 7) is 3.46. The number of likely N-dealkylation sites (tertiary alicyclic amines) is 1. The van der Waals surface area contributed by atoms with Gasteiger partial charge in [0, 0.05) is 74.9 Å². The highest BCUT2D eigenvalue weighted by Gasteiger charge is 2.32. The minimum atomic E-state index is -0.732. The Morgan fingerprint density at radius 2 is 1.70 bits per heavy atom. The fourth-order valence-corrected chi connectivity index (χ4v) is 8.95. The largest absolute Gasteiger partial charge is 0.375 e. The van der Waals surface area contributed by atoms with Gasteiger partial charge >= 0.3 is 5.69 Å². The van der Waals surface area contributed by atoms with Gasteiger partial charge in [-0.3, -0.25) is 38.5 Å². The zero-order valence-corrected chi connectivity index (χ0v) is 33.7. The first-order valence-electron chi connectivity index (χ1n) is 21.1. The van der Waals surface area contributed by atoms with Gasteiger partial charge in [-0.1, -0.05) is 30.7 Å². The molecule has 0 radical (unpaired) electrons. The molecule has 3 aliphatic heterocycles. The molecular weight excluding hydrogens is 785 g/mol. The van der Waals surface area contributed by atoms with Crippen molar-refractivity contribution < 1.29 is 27.9 Å². The highest BCUT2D eigenvalue weighted by molar-refractivity contribution is 6.00. The fraction of sp³-hybridized carbons (Fsp3) is 0.400. The zero-order valence-electron chi connectivity index (χ0n) is 33.7. The Bertz CT molecular complexity index is 2650. The lowest BCUT2D eigenvalue weighted by Gasteiger charge is -2.32. The number of hydrogen-bond acceptors (Lipinski definition) is 9. The molecule has 316 valence electrons. The number of unbranched alkanes of at least 4 members (excludes halogenated alkanes) is 2. The third kappa shape index (κ3) is 8.33. The van der Waals surface area contributed by atoms with Gasteiger partial charge in [0.2, 0.25) is 17.7 Å². The van der Waals surface area contributed by atoms with Crippen molar-refractivity contribution in [3.63, 3.8) is 0 Å². The molecule has 3 fully saturated rings. The zero-order chi connectivity index (χ0) is 42.0. The minimum Gasteiger partial charge on any atom is -0.375 e. The predicted molar refractivity (Wildman–Crippen MR) is 223 cm³/mol. The van der Waals surface area contributed by atoms with Crippen LogP contribution in [-0.4, -0.2) is 90.4 Å². The van der Waals surface area contributed by atoms with Gasteiger partial charge in [-0.15, -0.1) is 0 Å². The van der Waals surface area contributed by atoms with E-state index in [0.29, 0.717) is 85.4 Å². The summed E-state index contributed by atoms with van der Waals surface area (Å²) in [5.41, 5.74) is 4.56. The van der Waals surface area contributed by atoms with Gasteiger partial charge in [0.05, 0.1) is 58.9 Å². The van der Waals surface area contributed by atoms with Crippen LogP contribution in [0.1, 0.15) is 69.0 Å². The molecular formula is C45H47F2N9O5. The van der Waals surface area contributed by atoms with E-state index in [1.165, 1.54) is 16.7 Å². The quantitative estimate of drug-likeness (QED) is 0.120. The molecule has 0 bridgehead atoms. The van der Waals surface area contributed by atoms with Gasteiger partial charge in [0.1, 0.15) is 17.7 Å². The molecule has 3 aliphatic rings. The van der Waals surface area contributed by atoms with Crippen molar-refractivity contribution in [1.29, 1.82) is 0 Å². The molecule has 3 aromatic carbocycles. The van der Waals surface area contributed by atoms with E-state index in [1.54, 1.807) is 29.1 Å². The molecule has 3 amide bonds. The van der Waals surface area contributed by atoms with Crippen LogP contribution in [0.2, 0.25) is 0 Å². The Morgan fingerprint density at radius 1 is 0.902 bits per heavy atom. The standard InChI is InChI=1S/C45H47F2N9O5/c46-34-21-28(22-35(47)33(34)23-31-25-48-16-20-61-31)32-7-6-8-36-43(32)51-37(26-49-36)29-24-50-55(27-29)30-14-18-53(19-15-30)42(58)11-2-1-5-17-54-38-9-3-4-10-39(38)56(45(54)60)40-12-13-41(57)52-44(40)59/h3-4,6-10,21-22,24,26-27,30-31,40,48H,1-2,5,11-20,23,25H2,(H,52,57,59). The molecule has 3 saturated heterocycles. The van der Waals surface area contributed by atoms with Crippen molar-refractivity contribution in [2.24, 2.45) is 0 Å². The van der Waals surface area contributed by atoms with E-state index < -0.39 is 23.6 Å². The van der Waals surface area contributed by atoms with Crippen molar-refractivity contribution in [2.45, 2.75) is 82.5 Å². The highest BCUT2D eigenvalue weighted by atomic mass is 19.1. The normalized spacial score (nSPS) is 18.9. The monoisotopic (exact) mass is 831 g/mol. The van der Waals surface area contributed by atoms with Gasteiger partial charge < -0.3 is 15.0 Å². The number of carbonyl (C=O) groups excluding carboxylic acids is 3. The van der Waals surface area contributed by atoms with E-state index in [4.69, 9.17) is 9.72 Å². The van der Waals surface area contributed by atoms with E-state index >= 15 is 8.78 Å². The van der Waals surface area contributed by atoms with Crippen LogP contribution >= 0.6 is 0 Å². The van der Waals surface area contributed by atoms with Crippen LogP contribution in [0.15, 0.2) is 78.0 Å².